The van der Waals surface area contributed by atoms with E-state index < -0.39 is 23.7 Å². The predicted octanol–water partition coefficient (Wildman–Crippen LogP) is 2.67. The molecule has 0 bridgehead atoms. The molecule has 0 radical (unpaired) electrons. The van der Waals surface area contributed by atoms with Crippen molar-refractivity contribution in [3.05, 3.63) is 59.9 Å². The number of hydrogen-bond donors (Lipinski definition) is 0. The molecule has 0 aliphatic carbocycles. The number of anilines is 1. The van der Waals surface area contributed by atoms with E-state index in [1.807, 2.05) is 4.90 Å². The predicted molar refractivity (Wildman–Crippen MR) is 107 cm³/mol. The summed E-state index contributed by atoms with van der Waals surface area (Å²) in [6, 6.07) is 11.3. The van der Waals surface area contributed by atoms with E-state index in [0.29, 0.717) is 23.5 Å². The number of halogens is 1. The number of carbonyl (C=O) groups excluding carboxylic acids is 3. The van der Waals surface area contributed by atoms with E-state index in [1.54, 1.807) is 31.4 Å². The van der Waals surface area contributed by atoms with Crippen LogP contribution in [-0.4, -0.2) is 48.2 Å². The third kappa shape index (κ3) is 2.69. The Hall–Kier alpha value is -3.06. The van der Waals surface area contributed by atoms with Gasteiger partial charge in [0.2, 0.25) is 11.8 Å². The third-order valence-electron chi connectivity index (χ3n) is 6.58. The quantitative estimate of drug-likeness (QED) is 0.575. The van der Waals surface area contributed by atoms with Crippen molar-refractivity contribution >= 4 is 23.3 Å². The number of carbonyl (C=O) groups is 3. The minimum absolute atomic E-state index is 0.121. The molecule has 2 aromatic rings. The second-order valence-corrected chi connectivity index (χ2v) is 8.02. The molecular formula is C23H21FN2O4. The van der Waals surface area contributed by atoms with Crippen LogP contribution in [0.25, 0.3) is 0 Å². The summed E-state index contributed by atoms with van der Waals surface area (Å²) in [6.07, 6.45) is 1.66. The zero-order chi connectivity index (χ0) is 21.0. The molecule has 154 valence electrons. The molecule has 30 heavy (non-hydrogen) atoms. The van der Waals surface area contributed by atoms with Crippen molar-refractivity contribution in [1.29, 1.82) is 0 Å². The molecular weight excluding hydrogens is 387 g/mol. The zero-order valence-corrected chi connectivity index (χ0v) is 16.5. The van der Waals surface area contributed by atoms with Crippen LogP contribution in [0.3, 0.4) is 0 Å². The lowest BCUT2D eigenvalue weighted by atomic mass is 9.85. The standard InChI is InChI=1S/C23H21FN2O4/c1-30-16-10-8-15(9-11-16)26-22(28)18-17-3-2-12-25(17)20(19(18)23(26)29)21(27)13-4-6-14(24)7-5-13/h4-11,17-20H,2-3,12H2,1H3/t17-,18+,19+,20-/m1/s1. The maximum absolute atomic E-state index is 13.4. The Bertz CT molecular complexity index is 1020. The highest BCUT2D eigenvalue weighted by Crippen LogP contribution is 2.48. The highest BCUT2D eigenvalue weighted by Gasteiger charge is 2.64. The van der Waals surface area contributed by atoms with Gasteiger partial charge < -0.3 is 4.74 Å². The molecule has 0 aromatic heterocycles. The van der Waals surface area contributed by atoms with E-state index in [0.717, 1.165) is 12.8 Å². The summed E-state index contributed by atoms with van der Waals surface area (Å²) in [5.41, 5.74) is 0.841. The summed E-state index contributed by atoms with van der Waals surface area (Å²) < 4.78 is 18.5. The Morgan fingerprint density at radius 2 is 1.67 bits per heavy atom. The number of Topliss-reactive ketones (excluding diaryl/α,β-unsaturated/α-hetero) is 1. The maximum Gasteiger partial charge on any atom is 0.239 e. The van der Waals surface area contributed by atoms with Gasteiger partial charge in [0.25, 0.3) is 0 Å². The Morgan fingerprint density at radius 3 is 2.33 bits per heavy atom. The van der Waals surface area contributed by atoms with Crippen LogP contribution in [0, 0.1) is 17.7 Å². The van der Waals surface area contributed by atoms with Gasteiger partial charge in [0.1, 0.15) is 11.6 Å². The zero-order valence-electron chi connectivity index (χ0n) is 16.5. The van der Waals surface area contributed by atoms with Crippen molar-refractivity contribution in [2.75, 3.05) is 18.6 Å². The molecule has 7 heteroatoms. The first-order valence-electron chi connectivity index (χ1n) is 10.1. The SMILES string of the molecule is COc1ccc(N2C(=O)[C@@H]3[C@H](C2=O)[C@H](C(=O)c2ccc(F)cc2)N2CCC[C@H]32)cc1. The molecule has 2 aromatic carbocycles. The van der Waals surface area contributed by atoms with Gasteiger partial charge in [-0.1, -0.05) is 0 Å². The number of benzene rings is 2. The molecule has 3 fully saturated rings. The second-order valence-electron chi connectivity index (χ2n) is 8.02. The van der Waals surface area contributed by atoms with Crippen molar-refractivity contribution in [3.63, 3.8) is 0 Å². The number of imide groups is 1. The van der Waals surface area contributed by atoms with Gasteiger partial charge in [-0.3, -0.25) is 19.3 Å². The van der Waals surface area contributed by atoms with Crippen LogP contribution in [0.5, 0.6) is 5.75 Å². The smallest absolute Gasteiger partial charge is 0.239 e. The van der Waals surface area contributed by atoms with Gasteiger partial charge in [-0.25, -0.2) is 9.29 Å². The van der Waals surface area contributed by atoms with Crippen molar-refractivity contribution in [2.24, 2.45) is 11.8 Å². The number of ketones is 1. The highest BCUT2D eigenvalue weighted by molar-refractivity contribution is 6.24. The molecule has 3 aliphatic rings. The normalized spacial score (nSPS) is 28.0. The monoisotopic (exact) mass is 408 g/mol. The van der Waals surface area contributed by atoms with Gasteiger partial charge in [-0.05, 0) is 67.9 Å². The van der Waals surface area contributed by atoms with Crippen LogP contribution in [0.4, 0.5) is 10.1 Å². The minimum Gasteiger partial charge on any atom is -0.497 e. The molecule has 6 nitrogen and oxygen atoms in total. The van der Waals surface area contributed by atoms with Gasteiger partial charge in [0.05, 0.1) is 30.7 Å². The van der Waals surface area contributed by atoms with Crippen molar-refractivity contribution < 1.29 is 23.5 Å². The summed E-state index contributed by atoms with van der Waals surface area (Å²) in [5.74, 6) is -1.87. The average Bonchev–Trinajstić information content (AvgIpc) is 3.40. The maximum atomic E-state index is 13.4. The molecule has 3 saturated heterocycles. The Morgan fingerprint density at radius 1 is 1.00 bits per heavy atom. The van der Waals surface area contributed by atoms with Crippen LogP contribution in [0.1, 0.15) is 23.2 Å². The number of nitrogens with zero attached hydrogens (tertiary/aromatic N) is 2. The van der Waals surface area contributed by atoms with E-state index in [9.17, 15) is 18.8 Å². The highest BCUT2D eigenvalue weighted by atomic mass is 19.1. The molecule has 4 atom stereocenters. The van der Waals surface area contributed by atoms with Gasteiger partial charge in [-0.2, -0.15) is 0 Å². The largest absolute Gasteiger partial charge is 0.497 e. The van der Waals surface area contributed by atoms with Crippen molar-refractivity contribution in [1.82, 2.24) is 4.90 Å². The Labute approximate surface area is 173 Å². The topological polar surface area (TPSA) is 66.9 Å². The van der Waals surface area contributed by atoms with E-state index in [1.165, 1.54) is 29.2 Å². The van der Waals surface area contributed by atoms with Gasteiger partial charge in [0.15, 0.2) is 5.78 Å². The minimum atomic E-state index is -0.720. The van der Waals surface area contributed by atoms with E-state index in [-0.39, 0.29) is 23.6 Å². The molecule has 0 N–H and O–H groups in total. The van der Waals surface area contributed by atoms with Crippen LogP contribution in [0.2, 0.25) is 0 Å². The summed E-state index contributed by atoms with van der Waals surface area (Å²) in [5, 5.41) is 0. The fourth-order valence-electron chi connectivity index (χ4n) is 5.29. The molecule has 0 spiro atoms. The van der Waals surface area contributed by atoms with E-state index >= 15 is 0 Å². The lowest BCUT2D eigenvalue weighted by molar-refractivity contribution is -0.123. The summed E-state index contributed by atoms with van der Waals surface area (Å²) in [7, 11) is 1.55. The Balaban J connectivity index is 1.52. The lowest BCUT2D eigenvalue weighted by Gasteiger charge is -2.27. The van der Waals surface area contributed by atoms with Crippen LogP contribution in [-0.2, 0) is 9.59 Å². The summed E-state index contributed by atoms with van der Waals surface area (Å²) in [6.45, 7) is 0.679. The van der Waals surface area contributed by atoms with Gasteiger partial charge >= 0.3 is 0 Å². The number of fused-ring (bicyclic) bond motifs is 3. The number of ether oxygens (including phenoxy) is 1. The van der Waals surface area contributed by atoms with Crippen molar-refractivity contribution in [3.8, 4) is 5.75 Å². The fourth-order valence-corrected chi connectivity index (χ4v) is 5.29. The lowest BCUT2D eigenvalue weighted by Crippen LogP contribution is -2.46. The molecule has 3 heterocycles. The van der Waals surface area contributed by atoms with E-state index in [2.05, 4.69) is 0 Å². The first-order chi connectivity index (χ1) is 14.5. The molecule has 0 saturated carbocycles. The molecule has 5 rings (SSSR count). The van der Waals surface area contributed by atoms with Crippen LogP contribution in [0.15, 0.2) is 48.5 Å². The van der Waals surface area contributed by atoms with Crippen molar-refractivity contribution in [2.45, 2.75) is 24.9 Å². The molecule has 0 unspecified atom stereocenters. The third-order valence-corrected chi connectivity index (χ3v) is 6.58. The van der Waals surface area contributed by atoms with E-state index in [4.69, 9.17) is 4.74 Å². The number of methoxy groups -OCH3 is 1. The van der Waals surface area contributed by atoms with Crippen LogP contribution < -0.4 is 9.64 Å². The number of amides is 2. The summed E-state index contributed by atoms with van der Waals surface area (Å²) >= 11 is 0. The summed E-state index contributed by atoms with van der Waals surface area (Å²) in [4.78, 5) is 43.3. The average molecular weight is 408 g/mol. The number of rotatable bonds is 4. The van der Waals surface area contributed by atoms with Gasteiger partial charge in [0, 0.05) is 11.6 Å². The molecule has 3 aliphatic heterocycles. The number of hydrogen-bond acceptors (Lipinski definition) is 5. The fraction of sp³-hybridized carbons (Fsp3) is 0.348. The molecule has 2 amide bonds. The van der Waals surface area contributed by atoms with Gasteiger partial charge in [-0.15, -0.1) is 0 Å². The first-order valence-corrected chi connectivity index (χ1v) is 10.1. The second kappa shape index (κ2) is 7.02. The van der Waals surface area contributed by atoms with Crippen LogP contribution >= 0.6 is 0 Å². The Kier molecular flexibility index (Phi) is 4.43. The first kappa shape index (κ1) is 18.9.